The highest BCUT2D eigenvalue weighted by molar-refractivity contribution is 8.18. The van der Waals surface area contributed by atoms with Crippen molar-refractivity contribution in [3.63, 3.8) is 0 Å². The van der Waals surface area contributed by atoms with E-state index in [1.807, 2.05) is 0 Å². The Kier molecular flexibility index (Phi) is 7.17. The molecule has 1 amide bonds. The number of rotatable bonds is 7. The van der Waals surface area contributed by atoms with Crippen molar-refractivity contribution in [2.24, 2.45) is 4.99 Å². The average molecular weight is 527 g/mol. The molecule has 1 aliphatic rings. The first-order valence-corrected chi connectivity index (χ1v) is 11.3. The Morgan fingerprint density at radius 3 is 2.36 bits per heavy atom. The Morgan fingerprint density at radius 2 is 1.69 bits per heavy atom. The lowest BCUT2D eigenvalue weighted by molar-refractivity contribution is -0.394. The molecule has 0 spiro atoms. The summed E-state index contributed by atoms with van der Waals surface area (Å²) in [4.78, 5) is 38.1. The van der Waals surface area contributed by atoms with Crippen molar-refractivity contribution in [3.05, 3.63) is 96.4 Å². The monoisotopic (exact) mass is 526 g/mol. The molecule has 11 nitrogen and oxygen atoms in total. The summed E-state index contributed by atoms with van der Waals surface area (Å²) in [5.41, 5.74) is 0.137. The number of carbonyl (C=O) groups excluding carboxylic acids is 1. The lowest BCUT2D eigenvalue weighted by Crippen LogP contribution is -2.19. The van der Waals surface area contributed by atoms with Crippen LogP contribution in [-0.4, -0.2) is 28.0 Å². The third-order valence-electron chi connectivity index (χ3n) is 4.76. The molecule has 36 heavy (non-hydrogen) atoms. The highest BCUT2D eigenvalue weighted by Gasteiger charge is 2.25. The van der Waals surface area contributed by atoms with E-state index in [0.29, 0.717) is 26.3 Å². The second kappa shape index (κ2) is 10.5. The minimum Gasteiger partial charge on any atom is -0.493 e. The Balaban J connectivity index is 1.62. The number of thioether (sulfide) groups is 1. The molecule has 0 bridgehead atoms. The number of halogens is 1. The Labute approximate surface area is 212 Å². The van der Waals surface area contributed by atoms with Crippen molar-refractivity contribution < 1.29 is 24.1 Å². The molecule has 0 aliphatic carbocycles. The fourth-order valence-corrected chi connectivity index (χ4v) is 4.06. The van der Waals surface area contributed by atoms with Gasteiger partial charge in [0.15, 0.2) is 16.7 Å². The number of benzene rings is 3. The highest BCUT2D eigenvalue weighted by Crippen LogP contribution is 2.39. The van der Waals surface area contributed by atoms with Crippen LogP contribution in [0, 0.1) is 20.2 Å². The van der Waals surface area contributed by atoms with Gasteiger partial charge in [-0.1, -0.05) is 17.7 Å². The maximum absolute atomic E-state index is 12.5. The molecule has 0 atom stereocenters. The SMILES string of the molecule is COc1ccc(/C=C2\SC(=Nc3ccc(Cl)cc3)NC2=O)cc1Oc1ccc([N+](=O)[O-])cc1[N+](=O)[O-]. The van der Waals surface area contributed by atoms with Crippen molar-refractivity contribution in [3.8, 4) is 17.2 Å². The van der Waals surface area contributed by atoms with E-state index in [2.05, 4.69) is 10.3 Å². The third-order valence-corrected chi connectivity index (χ3v) is 5.93. The van der Waals surface area contributed by atoms with E-state index in [1.165, 1.54) is 13.2 Å². The number of hydrogen-bond donors (Lipinski definition) is 1. The molecule has 0 unspecified atom stereocenters. The van der Waals surface area contributed by atoms with Gasteiger partial charge in [-0.15, -0.1) is 0 Å². The fourth-order valence-electron chi connectivity index (χ4n) is 3.09. The summed E-state index contributed by atoms with van der Waals surface area (Å²) in [6, 6.07) is 14.6. The second-order valence-corrected chi connectivity index (χ2v) is 8.60. The van der Waals surface area contributed by atoms with Gasteiger partial charge in [0, 0.05) is 11.1 Å². The van der Waals surface area contributed by atoms with Gasteiger partial charge in [0.05, 0.1) is 33.6 Å². The standard InChI is InChI=1S/C23H15ClN4O7S/c1-34-19-8-2-13(10-20(19)35-18-9-7-16(27(30)31)12-17(18)28(32)33)11-21-22(29)26-23(36-21)25-15-5-3-14(24)4-6-15/h2-12H,1H3,(H,25,26,29)/b21-11-. The normalized spacial score (nSPS) is 15.1. The van der Waals surface area contributed by atoms with Crippen molar-refractivity contribution in [2.75, 3.05) is 7.11 Å². The summed E-state index contributed by atoms with van der Waals surface area (Å²) in [6.07, 6.45) is 1.60. The van der Waals surface area contributed by atoms with Crippen LogP contribution < -0.4 is 14.8 Å². The van der Waals surface area contributed by atoms with Gasteiger partial charge in [-0.25, -0.2) is 4.99 Å². The smallest absolute Gasteiger partial charge is 0.318 e. The molecule has 1 heterocycles. The summed E-state index contributed by atoms with van der Waals surface area (Å²) in [5.74, 6) is -0.184. The molecule has 13 heteroatoms. The molecule has 1 N–H and O–H groups in total. The number of amidine groups is 1. The maximum atomic E-state index is 12.5. The van der Waals surface area contributed by atoms with Gasteiger partial charge in [0.1, 0.15) is 0 Å². The van der Waals surface area contributed by atoms with Crippen LogP contribution in [0.4, 0.5) is 17.1 Å². The van der Waals surface area contributed by atoms with Gasteiger partial charge in [-0.05, 0) is 65.9 Å². The van der Waals surface area contributed by atoms with Crippen molar-refractivity contribution >= 4 is 57.6 Å². The zero-order valence-electron chi connectivity index (χ0n) is 18.3. The van der Waals surface area contributed by atoms with E-state index in [9.17, 15) is 25.0 Å². The molecule has 1 fully saturated rings. The lowest BCUT2D eigenvalue weighted by atomic mass is 10.2. The average Bonchev–Trinajstić information content (AvgIpc) is 3.19. The molecule has 0 radical (unpaired) electrons. The predicted octanol–water partition coefficient (Wildman–Crippen LogP) is 5.85. The second-order valence-electron chi connectivity index (χ2n) is 7.14. The Bertz CT molecular complexity index is 1440. The number of ether oxygens (including phenoxy) is 2. The lowest BCUT2D eigenvalue weighted by Gasteiger charge is -2.11. The van der Waals surface area contributed by atoms with Crippen LogP contribution in [0.15, 0.2) is 70.6 Å². The van der Waals surface area contributed by atoms with Crippen LogP contribution in [0.1, 0.15) is 5.56 Å². The third kappa shape index (κ3) is 5.62. The van der Waals surface area contributed by atoms with Gasteiger partial charge < -0.3 is 14.8 Å². The number of amides is 1. The van der Waals surface area contributed by atoms with Gasteiger partial charge >= 0.3 is 5.69 Å². The number of nitrogens with one attached hydrogen (secondary N) is 1. The first-order valence-electron chi connectivity index (χ1n) is 10.1. The van der Waals surface area contributed by atoms with Crippen molar-refractivity contribution in [1.82, 2.24) is 5.32 Å². The number of non-ortho nitro benzene ring substituents is 1. The van der Waals surface area contributed by atoms with E-state index < -0.39 is 21.2 Å². The zero-order chi connectivity index (χ0) is 25.8. The molecule has 0 aromatic heterocycles. The molecule has 1 saturated heterocycles. The van der Waals surface area contributed by atoms with Gasteiger partial charge in [0.25, 0.3) is 11.6 Å². The molecule has 1 aliphatic heterocycles. The van der Waals surface area contributed by atoms with E-state index in [-0.39, 0.29) is 23.2 Å². The number of nitro benzene ring substituents is 2. The molecule has 3 aromatic rings. The number of methoxy groups -OCH3 is 1. The first-order chi connectivity index (χ1) is 17.2. The van der Waals surface area contributed by atoms with Crippen LogP contribution in [0.3, 0.4) is 0 Å². The quantitative estimate of drug-likeness (QED) is 0.229. The molecule has 4 rings (SSSR count). The maximum Gasteiger partial charge on any atom is 0.318 e. The largest absolute Gasteiger partial charge is 0.493 e. The number of hydrogen-bond acceptors (Lipinski definition) is 9. The number of carbonyl (C=O) groups is 1. The van der Waals surface area contributed by atoms with E-state index in [4.69, 9.17) is 21.1 Å². The minimum absolute atomic E-state index is 0.113. The molecule has 0 saturated carbocycles. The summed E-state index contributed by atoms with van der Waals surface area (Å²) in [6.45, 7) is 0. The van der Waals surface area contributed by atoms with Crippen LogP contribution in [0.25, 0.3) is 6.08 Å². The van der Waals surface area contributed by atoms with E-state index >= 15 is 0 Å². The fraction of sp³-hybridized carbons (Fsp3) is 0.0435. The number of nitro groups is 2. The van der Waals surface area contributed by atoms with Crippen LogP contribution >= 0.6 is 23.4 Å². The van der Waals surface area contributed by atoms with Gasteiger partial charge in [-0.2, -0.15) is 0 Å². The molecule has 3 aromatic carbocycles. The summed E-state index contributed by atoms with van der Waals surface area (Å²) >= 11 is 7.02. The van der Waals surface area contributed by atoms with Crippen molar-refractivity contribution in [1.29, 1.82) is 0 Å². The highest BCUT2D eigenvalue weighted by atomic mass is 35.5. The van der Waals surface area contributed by atoms with Crippen LogP contribution in [-0.2, 0) is 4.79 Å². The molecular formula is C23H15ClN4O7S. The van der Waals surface area contributed by atoms with Crippen LogP contribution in [0.5, 0.6) is 17.2 Å². The first kappa shape index (κ1) is 24.7. The van der Waals surface area contributed by atoms with Crippen LogP contribution in [0.2, 0.25) is 5.02 Å². The van der Waals surface area contributed by atoms with Gasteiger partial charge in [-0.3, -0.25) is 25.0 Å². The minimum atomic E-state index is -0.776. The van der Waals surface area contributed by atoms with E-state index in [0.717, 1.165) is 30.0 Å². The summed E-state index contributed by atoms with van der Waals surface area (Å²) < 4.78 is 11.0. The molecular weight excluding hydrogens is 512 g/mol. The van der Waals surface area contributed by atoms with Crippen molar-refractivity contribution in [2.45, 2.75) is 0 Å². The Morgan fingerprint density at radius 1 is 0.972 bits per heavy atom. The molecule has 182 valence electrons. The Hall–Kier alpha value is -4.42. The summed E-state index contributed by atoms with van der Waals surface area (Å²) in [7, 11) is 1.39. The predicted molar refractivity (Wildman–Crippen MR) is 135 cm³/mol. The topological polar surface area (TPSA) is 146 Å². The van der Waals surface area contributed by atoms with Gasteiger partial charge in [0.2, 0.25) is 5.75 Å². The summed E-state index contributed by atoms with van der Waals surface area (Å²) in [5, 5.41) is 26.1. The van der Waals surface area contributed by atoms with E-state index in [1.54, 1.807) is 42.5 Å². The number of nitrogens with zero attached hydrogens (tertiary/aromatic N) is 3. The zero-order valence-corrected chi connectivity index (χ0v) is 19.9. The number of aliphatic imine (C=N–C) groups is 1.